The lowest BCUT2D eigenvalue weighted by molar-refractivity contribution is -0.115. The summed E-state index contributed by atoms with van der Waals surface area (Å²) in [6.45, 7) is 1.18. The molecule has 1 amide bonds. The minimum atomic E-state index is -0.364. The normalized spacial score (nSPS) is 10.3. The Bertz CT molecular complexity index is 619. The van der Waals surface area contributed by atoms with Gasteiger partial charge in [0, 0.05) is 13.7 Å². The van der Waals surface area contributed by atoms with E-state index in [2.05, 4.69) is 20.8 Å². The molecule has 0 unspecified atom stereocenters. The average Bonchev–Trinajstić information content (AvgIpc) is 2.49. The fourth-order valence-electron chi connectivity index (χ4n) is 1.79. The molecule has 1 heterocycles. The summed E-state index contributed by atoms with van der Waals surface area (Å²) in [6, 6.07) is 9.28. The van der Waals surface area contributed by atoms with Gasteiger partial charge in [-0.15, -0.1) is 10.2 Å². The van der Waals surface area contributed by atoms with E-state index in [0.717, 1.165) is 0 Å². The highest BCUT2D eigenvalue weighted by Gasteiger charge is 2.06. The molecular formula is C15H17FN4O2. The summed E-state index contributed by atoms with van der Waals surface area (Å²) in [5.74, 6) is 0.301. The molecular weight excluding hydrogens is 287 g/mol. The number of hydrogen-bond donors (Lipinski definition) is 2. The summed E-state index contributed by atoms with van der Waals surface area (Å²) in [5, 5.41) is 13.5. The van der Waals surface area contributed by atoms with Crippen LogP contribution in [0.25, 0.3) is 0 Å². The molecule has 0 atom stereocenters. The molecule has 2 N–H and O–H groups in total. The van der Waals surface area contributed by atoms with Crippen LogP contribution >= 0.6 is 0 Å². The Balaban J connectivity index is 1.86. The topological polar surface area (TPSA) is 76.1 Å². The van der Waals surface area contributed by atoms with E-state index in [1.165, 1.54) is 12.1 Å². The van der Waals surface area contributed by atoms with Crippen LogP contribution in [-0.2, 0) is 16.0 Å². The van der Waals surface area contributed by atoms with Gasteiger partial charge >= 0.3 is 0 Å². The highest BCUT2D eigenvalue weighted by molar-refractivity contribution is 5.91. The van der Waals surface area contributed by atoms with Crippen LogP contribution in [0.4, 0.5) is 16.0 Å². The maximum absolute atomic E-state index is 13.0. The lowest BCUT2D eigenvalue weighted by Crippen LogP contribution is -2.16. The fraction of sp³-hybridized carbons (Fsp3) is 0.267. The number of carbonyl (C=O) groups is 1. The van der Waals surface area contributed by atoms with E-state index in [9.17, 15) is 9.18 Å². The van der Waals surface area contributed by atoms with E-state index in [4.69, 9.17) is 4.74 Å². The first-order chi connectivity index (χ1) is 10.7. The Morgan fingerprint density at radius 2 is 2.00 bits per heavy atom. The number of halogens is 1. The number of aromatic nitrogens is 2. The zero-order chi connectivity index (χ0) is 15.8. The predicted molar refractivity (Wildman–Crippen MR) is 81.1 cm³/mol. The van der Waals surface area contributed by atoms with Crippen LogP contribution in [0.15, 0.2) is 36.4 Å². The second kappa shape index (κ2) is 8.04. The molecule has 1 aromatic heterocycles. The number of amides is 1. The molecule has 0 bridgehead atoms. The molecule has 0 fully saturated rings. The van der Waals surface area contributed by atoms with Crippen molar-refractivity contribution < 1.29 is 13.9 Å². The molecule has 0 saturated heterocycles. The van der Waals surface area contributed by atoms with Gasteiger partial charge in [0.1, 0.15) is 11.6 Å². The molecule has 2 rings (SSSR count). The predicted octanol–water partition coefficient (Wildman–Crippen LogP) is 1.86. The van der Waals surface area contributed by atoms with Crippen LogP contribution in [0.1, 0.15) is 5.56 Å². The van der Waals surface area contributed by atoms with Crippen molar-refractivity contribution in [2.24, 2.45) is 0 Å². The van der Waals surface area contributed by atoms with Gasteiger partial charge < -0.3 is 15.4 Å². The van der Waals surface area contributed by atoms with Crippen molar-refractivity contribution in [2.75, 3.05) is 30.9 Å². The van der Waals surface area contributed by atoms with Crippen LogP contribution in [-0.4, -0.2) is 36.4 Å². The zero-order valence-electron chi connectivity index (χ0n) is 12.2. The maximum Gasteiger partial charge on any atom is 0.229 e. The molecule has 2 aromatic rings. The number of hydrogen-bond acceptors (Lipinski definition) is 5. The summed E-state index contributed by atoms with van der Waals surface area (Å²) in [4.78, 5) is 11.9. The lowest BCUT2D eigenvalue weighted by atomic mass is 10.1. The summed E-state index contributed by atoms with van der Waals surface area (Å²) >= 11 is 0. The first-order valence-corrected chi connectivity index (χ1v) is 6.78. The van der Waals surface area contributed by atoms with Gasteiger partial charge in [0.05, 0.1) is 13.0 Å². The van der Waals surface area contributed by atoms with Crippen molar-refractivity contribution in [1.82, 2.24) is 10.2 Å². The van der Waals surface area contributed by atoms with Crippen molar-refractivity contribution in [1.29, 1.82) is 0 Å². The molecule has 116 valence electrons. The molecule has 0 aliphatic carbocycles. The average molecular weight is 304 g/mol. The van der Waals surface area contributed by atoms with E-state index in [-0.39, 0.29) is 18.1 Å². The molecule has 1 aromatic carbocycles. The molecule has 6 nitrogen and oxygen atoms in total. The molecule has 22 heavy (non-hydrogen) atoms. The monoisotopic (exact) mass is 304 g/mol. The van der Waals surface area contributed by atoms with Crippen molar-refractivity contribution in [3.05, 3.63) is 47.8 Å². The lowest BCUT2D eigenvalue weighted by Gasteiger charge is -2.06. The first kappa shape index (κ1) is 15.8. The fourth-order valence-corrected chi connectivity index (χ4v) is 1.79. The molecule has 7 heteroatoms. The quantitative estimate of drug-likeness (QED) is 0.764. The number of rotatable bonds is 7. The van der Waals surface area contributed by atoms with Gasteiger partial charge in [-0.1, -0.05) is 12.1 Å². The highest BCUT2D eigenvalue weighted by Crippen LogP contribution is 2.08. The van der Waals surface area contributed by atoms with Gasteiger partial charge in [-0.3, -0.25) is 4.79 Å². The number of methoxy groups -OCH3 is 1. The van der Waals surface area contributed by atoms with Gasteiger partial charge in [-0.05, 0) is 29.8 Å². The third-order valence-corrected chi connectivity index (χ3v) is 2.80. The number of nitrogens with zero attached hydrogens (tertiary/aromatic N) is 2. The van der Waals surface area contributed by atoms with Gasteiger partial charge in [0.2, 0.25) is 5.91 Å². The Morgan fingerprint density at radius 1 is 1.23 bits per heavy atom. The van der Waals surface area contributed by atoms with E-state index in [1.807, 2.05) is 0 Å². The third kappa shape index (κ3) is 5.10. The SMILES string of the molecule is COCCNc1ccc(NC(=O)Cc2cccc(F)c2)nn1. The van der Waals surface area contributed by atoms with Crippen LogP contribution in [0, 0.1) is 5.82 Å². The Hall–Kier alpha value is -2.54. The molecule has 0 saturated carbocycles. The smallest absolute Gasteiger partial charge is 0.229 e. The minimum Gasteiger partial charge on any atom is -0.383 e. The molecule has 0 radical (unpaired) electrons. The number of ether oxygens (including phenoxy) is 1. The number of carbonyl (C=O) groups excluding carboxylic acids is 1. The third-order valence-electron chi connectivity index (χ3n) is 2.80. The van der Waals surface area contributed by atoms with Crippen molar-refractivity contribution in [3.63, 3.8) is 0 Å². The Labute approximate surface area is 127 Å². The minimum absolute atomic E-state index is 0.0767. The van der Waals surface area contributed by atoms with E-state index >= 15 is 0 Å². The van der Waals surface area contributed by atoms with Crippen LogP contribution in [0.2, 0.25) is 0 Å². The van der Waals surface area contributed by atoms with E-state index in [0.29, 0.717) is 30.4 Å². The highest BCUT2D eigenvalue weighted by atomic mass is 19.1. The number of nitrogens with one attached hydrogen (secondary N) is 2. The van der Waals surface area contributed by atoms with Gasteiger partial charge in [0.25, 0.3) is 0 Å². The maximum atomic E-state index is 13.0. The van der Waals surface area contributed by atoms with Gasteiger partial charge in [-0.25, -0.2) is 4.39 Å². The summed E-state index contributed by atoms with van der Waals surface area (Å²) < 4.78 is 18.0. The zero-order valence-corrected chi connectivity index (χ0v) is 12.2. The van der Waals surface area contributed by atoms with Crippen LogP contribution in [0.5, 0.6) is 0 Å². The Morgan fingerprint density at radius 3 is 2.68 bits per heavy atom. The standard InChI is InChI=1S/C15H17FN4O2/c1-22-8-7-17-13-5-6-14(20-19-13)18-15(21)10-11-3-2-4-12(16)9-11/h2-6,9H,7-8,10H2,1H3,(H,17,19)(H,18,20,21). The number of anilines is 2. The van der Waals surface area contributed by atoms with E-state index in [1.54, 1.807) is 31.4 Å². The van der Waals surface area contributed by atoms with Gasteiger partial charge in [0.15, 0.2) is 5.82 Å². The second-order valence-corrected chi connectivity index (χ2v) is 4.58. The second-order valence-electron chi connectivity index (χ2n) is 4.58. The molecule has 0 aliphatic rings. The van der Waals surface area contributed by atoms with Crippen molar-refractivity contribution in [3.8, 4) is 0 Å². The van der Waals surface area contributed by atoms with Gasteiger partial charge in [-0.2, -0.15) is 0 Å². The molecule has 0 aliphatic heterocycles. The van der Waals surface area contributed by atoms with Crippen molar-refractivity contribution in [2.45, 2.75) is 6.42 Å². The first-order valence-electron chi connectivity index (χ1n) is 6.78. The van der Waals surface area contributed by atoms with Crippen molar-refractivity contribution >= 4 is 17.5 Å². The van der Waals surface area contributed by atoms with Crippen LogP contribution in [0.3, 0.4) is 0 Å². The summed E-state index contributed by atoms with van der Waals surface area (Å²) in [7, 11) is 1.62. The Kier molecular flexibility index (Phi) is 5.79. The van der Waals surface area contributed by atoms with E-state index < -0.39 is 0 Å². The largest absolute Gasteiger partial charge is 0.383 e. The summed E-state index contributed by atoms with van der Waals surface area (Å²) in [6.07, 6.45) is 0.0767. The van der Waals surface area contributed by atoms with Crippen LogP contribution < -0.4 is 10.6 Å². The molecule has 0 spiro atoms. The summed E-state index contributed by atoms with van der Waals surface area (Å²) in [5.41, 5.74) is 0.600. The number of benzene rings is 1.